The van der Waals surface area contributed by atoms with Crippen LogP contribution in [0.15, 0.2) is 24.3 Å². The van der Waals surface area contributed by atoms with Crippen molar-refractivity contribution in [1.82, 2.24) is 9.97 Å². The largest absolute Gasteiger partial charge is 0.370 e. The van der Waals surface area contributed by atoms with E-state index in [0.29, 0.717) is 21.8 Å². The Morgan fingerprint density at radius 2 is 2.00 bits per heavy atom. The molecule has 2 aromatic rings. The zero-order chi connectivity index (χ0) is 14.1. The van der Waals surface area contributed by atoms with Crippen LogP contribution in [0.1, 0.15) is 31.4 Å². The molecule has 5 heteroatoms. The van der Waals surface area contributed by atoms with Crippen LogP contribution in [0.5, 0.6) is 0 Å². The van der Waals surface area contributed by atoms with Crippen molar-refractivity contribution in [1.29, 1.82) is 0 Å². The van der Waals surface area contributed by atoms with Crippen LogP contribution in [0.3, 0.4) is 0 Å². The normalized spacial score (nSPS) is 14.3. The highest BCUT2D eigenvalue weighted by Crippen LogP contribution is 2.40. The van der Waals surface area contributed by atoms with Crippen LogP contribution in [-0.2, 0) is 0 Å². The Hall–Kier alpha value is -1.32. The molecule has 0 saturated heterocycles. The Labute approximate surface area is 128 Å². The highest BCUT2D eigenvalue weighted by Gasteiger charge is 2.26. The number of halogens is 2. The first kappa shape index (κ1) is 13.7. The van der Waals surface area contributed by atoms with Crippen LogP contribution in [0, 0.1) is 0 Å². The Morgan fingerprint density at radius 1 is 1.20 bits per heavy atom. The molecule has 0 amide bonds. The third kappa shape index (κ3) is 2.89. The molecule has 0 unspecified atom stereocenters. The van der Waals surface area contributed by atoms with E-state index in [1.165, 1.54) is 12.8 Å². The van der Waals surface area contributed by atoms with Crippen LogP contribution in [-0.4, -0.2) is 16.5 Å². The average Bonchev–Trinajstić information content (AvgIpc) is 3.26. The van der Waals surface area contributed by atoms with Gasteiger partial charge in [0.25, 0.3) is 0 Å². The van der Waals surface area contributed by atoms with Crippen molar-refractivity contribution in [2.45, 2.75) is 25.7 Å². The zero-order valence-electron chi connectivity index (χ0n) is 11.2. The number of rotatable bonds is 4. The Kier molecular flexibility index (Phi) is 3.81. The summed E-state index contributed by atoms with van der Waals surface area (Å²) in [4.78, 5) is 9.20. The second kappa shape index (κ2) is 5.58. The van der Waals surface area contributed by atoms with Gasteiger partial charge in [-0.1, -0.05) is 23.2 Å². The number of nitrogens with one attached hydrogen (secondary N) is 1. The molecule has 1 heterocycles. The smallest absolute Gasteiger partial charge is 0.163 e. The summed E-state index contributed by atoms with van der Waals surface area (Å²) in [7, 11) is 0. The van der Waals surface area contributed by atoms with Crippen molar-refractivity contribution < 1.29 is 0 Å². The van der Waals surface area contributed by atoms with Crippen molar-refractivity contribution in [2.75, 3.05) is 11.9 Å². The number of hydrogen-bond acceptors (Lipinski definition) is 3. The third-order valence-electron chi connectivity index (χ3n) is 3.27. The van der Waals surface area contributed by atoms with Crippen molar-refractivity contribution >= 4 is 29.0 Å². The molecule has 1 aromatic carbocycles. The van der Waals surface area contributed by atoms with E-state index in [4.69, 9.17) is 23.2 Å². The fraction of sp³-hybridized carbons (Fsp3) is 0.333. The predicted molar refractivity (Wildman–Crippen MR) is 83.6 cm³/mol. The van der Waals surface area contributed by atoms with Gasteiger partial charge in [-0.2, -0.15) is 0 Å². The molecule has 3 nitrogen and oxygen atoms in total. The van der Waals surface area contributed by atoms with E-state index >= 15 is 0 Å². The third-order valence-corrected chi connectivity index (χ3v) is 3.83. The van der Waals surface area contributed by atoms with Gasteiger partial charge in [-0.15, -0.1) is 0 Å². The fourth-order valence-electron chi connectivity index (χ4n) is 2.12. The van der Waals surface area contributed by atoms with Gasteiger partial charge in [-0.25, -0.2) is 9.97 Å². The van der Waals surface area contributed by atoms with Gasteiger partial charge in [0.15, 0.2) is 5.82 Å². The predicted octanol–water partition coefficient (Wildman–Crippen LogP) is 4.76. The van der Waals surface area contributed by atoms with Gasteiger partial charge >= 0.3 is 0 Å². The standard InChI is InChI=1S/C15H15Cl2N3/c1-2-18-14-8-13(9-3-4-9)19-15(20-14)11-7-10(16)5-6-12(11)17/h5-9H,2-4H2,1H3,(H,18,19,20). The molecule has 0 spiro atoms. The second-order valence-electron chi connectivity index (χ2n) is 4.93. The van der Waals surface area contributed by atoms with E-state index in [1.807, 2.05) is 19.1 Å². The lowest BCUT2D eigenvalue weighted by Gasteiger charge is -2.10. The summed E-state index contributed by atoms with van der Waals surface area (Å²) in [5, 5.41) is 4.50. The molecular weight excluding hydrogens is 293 g/mol. The van der Waals surface area contributed by atoms with Gasteiger partial charge in [0.1, 0.15) is 5.82 Å². The minimum atomic E-state index is 0.562. The maximum Gasteiger partial charge on any atom is 0.163 e. The first-order valence-corrected chi connectivity index (χ1v) is 7.51. The van der Waals surface area contributed by atoms with Crippen LogP contribution in [0.4, 0.5) is 5.82 Å². The molecular formula is C15H15Cl2N3. The molecule has 1 aliphatic rings. The molecule has 1 aromatic heterocycles. The molecule has 1 fully saturated rings. The van der Waals surface area contributed by atoms with E-state index in [-0.39, 0.29) is 0 Å². The molecule has 1 aliphatic carbocycles. The molecule has 0 radical (unpaired) electrons. The van der Waals surface area contributed by atoms with Gasteiger partial charge in [-0.05, 0) is 38.0 Å². The van der Waals surface area contributed by atoms with E-state index < -0.39 is 0 Å². The van der Waals surface area contributed by atoms with Gasteiger partial charge in [0.05, 0.1) is 5.02 Å². The first-order chi connectivity index (χ1) is 9.67. The van der Waals surface area contributed by atoms with Gasteiger partial charge in [0, 0.05) is 34.8 Å². The van der Waals surface area contributed by atoms with E-state index in [2.05, 4.69) is 15.3 Å². The number of anilines is 1. The van der Waals surface area contributed by atoms with E-state index in [9.17, 15) is 0 Å². The number of aromatic nitrogens is 2. The van der Waals surface area contributed by atoms with Gasteiger partial charge < -0.3 is 5.32 Å². The Balaban J connectivity index is 2.09. The van der Waals surface area contributed by atoms with Crippen LogP contribution >= 0.6 is 23.2 Å². The summed E-state index contributed by atoms with van der Waals surface area (Å²) in [6, 6.07) is 7.39. The minimum Gasteiger partial charge on any atom is -0.370 e. The molecule has 20 heavy (non-hydrogen) atoms. The summed E-state index contributed by atoms with van der Waals surface area (Å²) >= 11 is 12.3. The van der Waals surface area contributed by atoms with Crippen molar-refractivity contribution in [3.05, 3.63) is 40.0 Å². The topological polar surface area (TPSA) is 37.8 Å². The lowest BCUT2D eigenvalue weighted by Crippen LogP contribution is -2.04. The monoisotopic (exact) mass is 307 g/mol. The van der Waals surface area contributed by atoms with Crippen molar-refractivity contribution in [3.8, 4) is 11.4 Å². The van der Waals surface area contributed by atoms with Crippen LogP contribution in [0.2, 0.25) is 10.0 Å². The fourth-order valence-corrected chi connectivity index (χ4v) is 2.49. The quantitative estimate of drug-likeness (QED) is 0.885. The lowest BCUT2D eigenvalue weighted by molar-refractivity contribution is 0.988. The molecule has 104 valence electrons. The van der Waals surface area contributed by atoms with Crippen LogP contribution < -0.4 is 5.32 Å². The minimum absolute atomic E-state index is 0.562. The molecule has 3 rings (SSSR count). The van der Waals surface area contributed by atoms with Crippen LogP contribution in [0.25, 0.3) is 11.4 Å². The Bertz CT molecular complexity index is 639. The summed E-state index contributed by atoms with van der Waals surface area (Å²) in [6.45, 7) is 2.87. The van der Waals surface area contributed by atoms with Crippen molar-refractivity contribution in [3.63, 3.8) is 0 Å². The van der Waals surface area contributed by atoms with Gasteiger partial charge in [-0.3, -0.25) is 0 Å². The second-order valence-corrected chi connectivity index (χ2v) is 5.77. The molecule has 0 bridgehead atoms. The molecule has 1 N–H and O–H groups in total. The van der Waals surface area contributed by atoms with E-state index in [0.717, 1.165) is 23.6 Å². The summed E-state index contributed by atoms with van der Waals surface area (Å²) < 4.78 is 0. The maximum absolute atomic E-state index is 6.25. The molecule has 0 aliphatic heterocycles. The average molecular weight is 308 g/mol. The molecule has 1 saturated carbocycles. The number of hydrogen-bond donors (Lipinski definition) is 1. The zero-order valence-corrected chi connectivity index (χ0v) is 12.7. The summed E-state index contributed by atoms with van der Waals surface area (Å²) in [6.07, 6.45) is 2.40. The SMILES string of the molecule is CCNc1cc(C2CC2)nc(-c2cc(Cl)ccc2Cl)n1. The molecule has 0 atom stereocenters. The van der Waals surface area contributed by atoms with Gasteiger partial charge in [0.2, 0.25) is 0 Å². The first-order valence-electron chi connectivity index (χ1n) is 6.75. The number of nitrogens with zero attached hydrogens (tertiary/aromatic N) is 2. The lowest BCUT2D eigenvalue weighted by atomic mass is 10.2. The highest BCUT2D eigenvalue weighted by molar-refractivity contribution is 6.35. The van der Waals surface area contributed by atoms with Crippen molar-refractivity contribution in [2.24, 2.45) is 0 Å². The summed E-state index contributed by atoms with van der Waals surface area (Å²) in [5.41, 5.74) is 1.86. The maximum atomic E-state index is 6.25. The number of benzene rings is 1. The van der Waals surface area contributed by atoms with E-state index in [1.54, 1.807) is 12.1 Å². The summed E-state index contributed by atoms with van der Waals surface area (Å²) in [5.74, 6) is 2.04. The highest BCUT2D eigenvalue weighted by atomic mass is 35.5. The Morgan fingerprint density at radius 3 is 2.70 bits per heavy atom.